The van der Waals surface area contributed by atoms with E-state index in [9.17, 15) is 26.4 Å². The van der Waals surface area contributed by atoms with E-state index in [2.05, 4.69) is 10.1 Å². The van der Waals surface area contributed by atoms with E-state index < -0.39 is 28.7 Å². The molecule has 0 saturated carbocycles. The summed E-state index contributed by atoms with van der Waals surface area (Å²) in [6.45, 7) is -1.65. The number of rotatable bonds is 9. The maximum atomic E-state index is 12.3. The van der Waals surface area contributed by atoms with Crippen LogP contribution in [0.2, 0.25) is 0 Å². The molecule has 0 aliphatic rings. The molecule has 1 amide bonds. The summed E-state index contributed by atoms with van der Waals surface area (Å²) in [4.78, 5) is 12.0. The zero-order valence-electron chi connectivity index (χ0n) is 14.9. The molecule has 154 valence electrons. The molecule has 2 rings (SSSR count). The van der Waals surface area contributed by atoms with Crippen molar-refractivity contribution in [1.82, 2.24) is 9.62 Å². The lowest BCUT2D eigenvalue weighted by Gasteiger charge is -2.15. The molecule has 0 aliphatic heterocycles. The van der Waals surface area contributed by atoms with Gasteiger partial charge in [0, 0.05) is 13.6 Å². The van der Waals surface area contributed by atoms with Crippen molar-refractivity contribution in [1.29, 1.82) is 0 Å². The number of alkyl halides is 3. The Labute approximate surface area is 165 Å². The van der Waals surface area contributed by atoms with Crippen molar-refractivity contribution in [2.24, 2.45) is 0 Å². The van der Waals surface area contributed by atoms with Gasteiger partial charge < -0.3 is 10.1 Å². The Morgan fingerprint density at radius 1 is 1.18 bits per heavy atom. The molecule has 0 atom stereocenters. The van der Waals surface area contributed by atoms with E-state index in [-0.39, 0.29) is 23.9 Å². The number of carbonyl (C=O) groups excluding carboxylic acids is 1. The van der Waals surface area contributed by atoms with Gasteiger partial charge in [-0.1, -0.05) is 30.3 Å². The summed E-state index contributed by atoms with van der Waals surface area (Å²) in [6.07, 6.45) is -4.37. The molecule has 1 aromatic carbocycles. The standard InChI is InChI=1S/C17H19F3N2O4S2/c1-22(28(24,25)16-3-2-8-27-16)10-15(23)21-9-13-4-6-14(7-5-13)11-26-12-17(18,19)20/h2-8H,9-12H2,1H3,(H,21,23). The summed E-state index contributed by atoms with van der Waals surface area (Å²) < 4.78 is 66.3. The average molecular weight is 436 g/mol. The molecular formula is C17H19F3N2O4S2. The van der Waals surface area contributed by atoms with Gasteiger partial charge in [-0.15, -0.1) is 11.3 Å². The summed E-state index contributed by atoms with van der Waals surface area (Å²) in [5.41, 5.74) is 1.29. The fourth-order valence-corrected chi connectivity index (χ4v) is 4.47. The van der Waals surface area contributed by atoms with Gasteiger partial charge in [-0.25, -0.2) is 8.42 Å². The van der Waals surface area contributed by atoms with Crippen LogP contribution in [0.3, 0.4) is 0 Å². The lowest BCUT2D eigenvalue weighted by Crippen LogP contribution is -2.37. The largest absolute Gasteiger partial charge is 0.411 e. The molecule has 1 aromatic heterocycles. The van der Waals surface area contributed by atoms with Crippen LogP contribution in [0.5, 0.6) is 0 Å². The molecule has 0 aliphatic carbocycles. The van der Waals surface area contributed by atoms with Gasteiger partial charge >= 0.3 is 6.18 Å². The van der Waals surface area contributed by atoms with E-state index in [1.54, 1.807) is 35.7 Å². The molecule has 0 fully saturated rings. The minimum atomic E-state index is -4.37. The Morgan fingerprint density at radius 3 is 2.39 bits per heavy atom. The van der Waals surface area contributed by atoms with Crippen molar-refractivity contribution in [3.63, 3.8) is 0 Å². The van der Waals surface area contributed by atoms with Crippen LogP contribution >= 0.6 is 11.3 Å². The molecule has 1 N–H and O–H groups in total. The molecule has 0 unspecified atom stereocenters. The number of benzene rings is 1. The van der Waals surface area contributed by atoms with Crippen LogP contribution in [-0.2, 0) is 32.7 Å². The molecule has 1 heterocycles. The first-order valence-corrected chi connectivity index (χ1v) is 10.4. The first kappa shape index (κ1) is 22.3. The van der Waals surface area contributed by atoms with Crippen LogP contribution in [0.25, 0.3) is 0 Å². The molecule has 0 saturated heterocycles. The molecule has 6 nitrogen and oxygen atoms in total. The predicted octanol–water partition coefficient (Wildman–Crippen LogP) is 2.76. The van der Waals surface area contributed by atoms with Gasteiger partial charge in [-0.2, -0.15) is 17.5 Å². The molecule has 0 bridgehead atoms. The maximum Gasteiger partial charge on any atom is 0.411 e. The third kappa shape index (κ3) is 6.89. The van der Waals surface area contributed by atoms with Gasteiger partial charge in [0.15, 0.2) is 0 Å². The molecule has 0 spiro atoms. The minimum Gasteiger partial charge on any atom is -0.367 e. The predicted molar refractivity (Wildman–Crippen MR) is 98.1 cm³/mol. The lowest BCUT2D eigenvalue weighted by atomic mass is 10.1. The highest BCUT2D eigenvalue weighted by molar-refractivity contribution is 7.91. The van der Waals surface area contributed by atoms with Crippen LogP contribution in [0.15, 0.2) is 46.0 Å². The zero-order valence-corrected chi connectivity index (χ0v) is 16.5. The number of hydrogen-bond donors (Lipinski definition) is 1. The normalized spacial score (nSPS) is 12.3. The number of amides is 1. The molecule has 0 radical (unpaired) electrons. The highest BCUT2D eigenvalue weighted by Crippen LogP contribution is 2.19. The van der Waals surface area contributed by atoms with E-state index in [1.807, 2.05) is 0 Å². The second-order valence-corrected chi connectivity index (χ2v) is 9.11. The zero-order chi connectivity index (χ0) is 20.8. The molecule has 28 heavy (non-hydrogen) atoms. The highest BCUT2D eigenvalue weighted by atomic mass is 32.2. The number of carbonyl (C=O) groups is 1. The van der Waals surface area contributed by atoms with Crippen molar-refractivity contribution < 1.29 is 31.1 Å². The van der Waals surface area contributed by atoms with E-state index in [4.69, 9.17) is 0 Å². The number of ether oxygens (including phenoxy) is 1. The first-order valence-electron chi connectivity index (χ1n) is 8.07. The van der Waals surface area contributed by atoms with Crippen LogP contribution in [-0.4, -0.2) is 45.0 Å². The quantitative estimate of drug-likeness (QED) is 0.656. The number of nitrogens with zero attached hydrogens (tertiary/aromatic N) is 1. The Bertz CT molecular complexity index is 867. The first-order chi connectivity index (χ1) is 13.1. The van der Waals surface area contributed by atoms with Crippen molar-refractivity contribution in [3.05, 3.63) is 52.9 Å². The molecule has 11 heteroatoms. The second-order valence-electron chi connectivity index (χ2n) is 5.89. The number of thiophene rings is 1. The average Bonchev–Trinajstić information content (AvgIpc) is 3.15. The van der Waals surface area contributed by atoms with Gasteiger partial charge in [0.05, 0.1) is 13.2 Å². The number of hydrogen-bond acceptors (Lipinski definition) is 5. The smallest absolute Gasteiger partial charge is 0.367 e. The molecular weight excluding hydrogens is 417 g/mol. The van der Waals surface area contributed by atoms with Crippen LogP contribution in [0.4, 0.5) is 13.2 Å². The van der Waals surface area contributed by atoms with Crippen LogP contribution in [0.1, 0.15) is 11.1 Å². The summed E-state index contributed by atoms with van der Waals surface area (Å²) in [5, 5.41) is 4.25. The number of sulfonamides is 1. The van der Waals surface area contributed by atoms with Gasteiger partial charge in [0.1, 0.15) is 10.8 Å². The highest BCUT2D eigenvalue weighted by Gasteiger charge is 2.27. The third-order valence-corrected chi connectivity index (χ3v) is 6.75. The van der Waals surface area contributed by atoms with E-state index in [0.717, 1.165) is 21.2 Å². The Hall–Kier alpha value is -1.95. The molecule has 2 aromatic rings. The summed E-state index contributed by atoms with van der Waals surface area (Å²) in [5.74, 6) is -0.472. The SMILES string of the molecule is CN(CC(=O)NCc1ccc(COCC(F)(F)F)cc1)S(=O)(=O)c1cccs1. The van der Waals surface area contributed by atoms with Gasteiger partial charge in [-0.3, -0.25) is 4.79 Å². The Balaban J connectivity index is 1.79. The summed E-state index contributed by atoms with van der Waals surface area (Å²) >= 11 is 1.07. The number of halogens is 3. The topological polar surface area (TPSA) is 75.7 Å². The van der Waals surface area contributed by atoms with E-state index >= 15 is 0 Å². The van der Waals surface area contributed by atoms with Gasteiger partial charge in [-0.05, 0) is 22.6 Å². The van der Waals surface area contributed by atoms with E-state index in [0.29, 0.717) is 5.56 Å². The Kier molecular flexibility index (Phi) is 7.58. The Morgan fingerprint density at radius 2 is 1.82 bits per heavy atom. The number of likely N-dealkylation sites (N-methyl/N-ethyl adjacent to an activating group) is 1. The van der Waals surface area contributed by atoms with E-state index in [1.165, 1.54) is 13.1 Å². The fraction of sp³-hybridized carbons (Fsp3) is 0.353. The van der Waals surface area contributed by atoms with Crippen molar-refractivity contribution >= 4 is 27.3 Å². The maximum absolute atomic E-state index is 12.3. The van der Waals surface area contributed by atoms with Crippen molar-refractivity contribution in [2.75, 3.05) is 20.2 Å². The van der Waals surface area contributed by atoms with Gasteiger partial charge in [0.25, 0.3) is 10.0 Å². The second kappa shape index (κ2) is 9.50. The lowest BCUT2D eigenvalue weighted by molar-refractivity contribution is -0.176. The van der Waals surface area contributed by atoms with Crippen LogP contribution in [0, 0.1) is 0 Å². The van der Waals surface area contributed by atoms with Crippen LogP contribution < -0.4 is 5.32 Å². The van der Waals surface area contributed by atoms with Crippen molar-refractivity contribution in [3.8, 4) is 0 Å². The fourth-order valence-electron chi connectivity index (χ4n) is 2.15. The summed E-state index contributed by atoms with van der Waals surface area (Å²) in [7, 11) is -2.38. The summed E-state index contributed by atoms with van der Waals surface area (Å²) in [6, 6.07) is 9.59. The monoisotopic (exact) mass is 436 g/mol. The minimum absolute atomic E-state index is 0.158. The van der Waals surface area contributed by atoms with Gasteiger partial charge in [0.2, 0.25) is 5.91 Å². The van der Waals surface area contributed by atoms with Crippen molar-refractivity contribution in [2.45, 2.75) is 23.5 Å². The third-order valence-electron chi connectivity index (χ3n) is 3.57. The number of nitrogens with one attached hydrogen (secondary N) is 1.